The van der Waals surface area contributed by atoms with Crippen molar-refractivity contribution in [1.29, 1.82) is 0 Å². The number of aryl methyl sites for hydroxylation is 1. The maximum Gasteiger partial charge on any atom is 0.233 e. The van der Waals surface area contributed by atoms with Crippen LogP contribution in [0.1, 0.15) is 18.1 Å². The molecule has 0 bridgehead atoms. The van der Waals surface area contributed by atoms with Crippen LogP contribution in [-0.4, -0.2) is 53.5 Å². The second-order valence-corrected chi connectivity index (χ2v) is 8.13. The zero-order valence-corrected chi connectivity index (χ0v) is 17.3. The van der Waals surface area contributed by atoms with Crippen molar-refractivity contribution in [2.24, 2.45) is 0 Å². The van der Waals surface area contributed by atoms with E-state index in [4.69, 9.17) is 0 Å². The minimum absolute atomic E-state index is 0.0860. The fraction of sp³-hybridized carbons (Fsp3) is 0.364. The second-order valence-electron chi connectivity index (χ2n) is 7.08. The van der Waals surface area contributed by atoms with E-state index in [-0.39, 0.29) is 11.8 Å². The van der Waals surface area contributed by atoms with Crippen LogP contribution in [0.3, 0.4) is 0 Å². The number of piperazine rings is 1. The molecule has 0 aliphatic carbocycles. The lowest BCUT2D eigenvalue weighted by molar-refractivity contribution is -0.130. The smallest absolute Gasteiger partial charge is 0.233 e. The van der Waals surface area contributed by atoms with Gasteiger partial charge in [-0.3, -0.25) is 14.5 Å². The standard InChI is InChI=1S/C22H27N3O2S/c1-17-5-3-4-6-19(17)15-24-11-13-25(14-12-24)22(27)16-28-21-9-7-20(8-10-21)23-18(2)26/h3-10H,11-16H2,1-2H3,(H,23,26). The molecule has 0 saturated carbocycles. The summed E-state index contributed by atoms with van der Waals surface area (Å²) >= 11 is 1.54. The predicted molar refractivity (Wildman–Crippen MR) is 115 cm³/mol. The number of hydrogen-bond acceptors (Lipinski definition) is 4. The highest BCUT2D eigenvalue weighted by atomic mass is 32.2. The number of nitrogens with one attached hydrogen (secondary N) is 1. The maximum atomic E-state index is 12.5. The maximum absolute atomic E-state index is 12.5. The summed E-state index contributed by atoms with van der Waals surface area (Å²) in [6, 6.07) is 16.1. The molecule has 1 heterocycles. The first-order valence-electron chi connectivity index (χ1n) is 9.56. The van der Waals surface area contributed by atoms with E-state index in [0.717, 1.165) is 43.3 Å². The monoisotopic (exact) mass is 397 g/mol. The van der Waals surface area contributed by atoms with Crippen molar-refractivity contribution in [3.05, 3.63) is 59.7 Å². The van der Waals surface area contributed by atoms with Gasteiger partial charge in [-0.1, -0.05) is 24.3 Å². The van der Waals surface area contributed by atoms with Crippen LogP contribution in [0.25, 0.3) is 0 Å². The Balaban J connectivity index is 1.42. The summed E-state index contributed by atoms with van der Waals surface area (Å²) in [6.07, 6.45) is 0. The molecule has 1 saturated heterocycles. The number of rotatable bonds is 6. The summed E-state index contributed by atoms with van der Waals surface area (Å²) in [4.78, 5) is 29.0. The third-order valence-corrected chi connectivity index (χ3v) is 5.91. The molecule has 3 rings (SSSR count). The zero-order chi connectivity index (χ0) is 19.9. The molecule has 5 nitrogen and oxygen atoms in total. The molecule has 1 aliphatic rings. The number of carbonyl (C=O) groups excluding carboxylic acids is 2. The highest BCUT2D eigenvalue weighted by Gasteiger charge is 2.21. The van der Waals surface area contributed by atoms with Gasteiger partial charge in [-0.05, 0) is 42.3 Å². The third kappa shape index (κ3) is 5.84. The SMILES string of the molecule is CC(=O)Nc1ccc(SCC(=O)N2CCN(Cc3ccccc3C)CC2)cc1. The largest absolute Gasteiger partial charge is 0.339 e. The summed E-state index contributed by atoms with van der Waals surface area (Å²) in [5.74, 6) is 0.542. The molecule has 2 amide bonds. The van der Waals surface area contributed by atoms with E-state index in [1.54, 1.807) is 0 Å². The summed E-state index contributed by atoms with van der Waals surface area (Å²) in [6.45, 7) is 7.98. The molecular formula is C22H27N3O2S. The van der Waals surface area contributed by atoms with E-state index < -0.39 is 0 Å². The average Bonchev–Trinajstić information content (AvgIpc) is 2.69. The van der Waals surface area contributed by atoms with Crippen LogP contribution in [0.4, 0.5) is 5.69 Å². The van der Waals surface area contributed by atoms with Gasteiger partial charge >= 0.3 is 0 Å². The van der Waals surface area contributed by atoms with Crippen molar-refractivity contribution in [3.8, 4) is 0 Å². The summed E-state index contributed by atoms with van der Waals surface area (Å²) in [5, 5.41) is 2.75. The minimum atomic E-state index is -0.0860. The Morgan fingerprint density at radius 2 is 1.68 bits per heavy atom. The highest BCUT2D eigenvalue weighted by molar-refractivity contribution is 8.00. The summed E-state index contributed by atoms with van der Waals surface area (Å²) in [7, 11) is 0. The Bertz CT molecular complexity index is 815. The van der Waals surface area contributed by atoms with Crippen LogP contribution in [0.15, 0.2) is 53.4 Å². The topological polar surface area (TPSA) is 52.7 Å². The van der Waals surface area contributed by atoms with Gasteiger partial charge in [-0.25, -0.2) is 0 Å². The molecule has 0 spiro atoms. The molecule has 1 N–H and O–H groups in total. The van der Waals surface area contributed by atoms with E-state index in [9.17, 15) is 9.59 Å². The van der Waals surface area contributed by atoms with Gasteiger partial charge in [-0.15, -0.1) is 11.8 Å². The Kier molecular flexibility index (Phi) is 7.12. The Labute approximate surface area is 171 Å². The molecule has 0 atom stereocenters. The van der Waals surface area contributed by atoms with E-state index in [2.05, 4.69) is 41.4 Å². The van der Waals surface area contributed by atoms with Gasteiger partial charge in [0, 0.05) is 50.2 Å². The molecular weight excluding hydrogens is 370 g/mol. The van der Waals surface area contributed by atoms with Crippen LogP contribution >= 0.6 is 11.8 Å². The summed E-state index contributed by atoms with van der Waals surface area (Å²) in [5.41, 5.74) is 3.45. The van der Waals surface area contributed by atoms with Crippen molar-refractivity contribution in [2.75, 3.05) is 37.2 Å². The van der Waals surface area contributed by atoms with Crippen molar-refractivity contribution >= 4 is 29.3 Å². The van der Waals surface area contributed by atoms with E-state index in [1.165, 1.54) is 29.8 Å². The third-order valence-electron chi connectivity index (χ3n) is 4.92. The Morgan fingerprint density at radius 1 is 1.00 bits per heavy atom. The van der Waals surface area contributed by atoms with E-state index in [0.29, 0.717) is 5.75 Å². The molecule has 1 aliphatic heterocycles. The molecule has 0 radical (unpaired) electrons. The quantitative estimate of drug-likeness (QED) is 0.759. The van der Waals surface area contributed by atoms with E-state index >= 15 is 0 Å². The van der Waals surface area contributed by atoms with Gasteiger partial charge in [0.25, 0.3) is 0 Å². The lowest BCUT2D eigenvalue weighted by atomic mass is 10.1. The van der Waals surface area contributed by atoms with Crippen LogP contribution in [-0.2, 0) is 16.1 Å². The lowest BCUT2D eigenvalue weighted by Crippen LogP contribution is -2.48. The van der Waals surface area contributed by atoms with Crippen LogP contribution in [0, 0.1) is 6.92 Å². The first kappa shape index (κ1) is 20.4. The fourth-order valence-electron chi connectivity index (χ4n) is 3.26. The Hall–Kier alpha value is -2.31. The highest BCUT2D eigenvalue weighted by Crippen LogP contribution is 2.21. The lowest BCUT2D eigenvalue weighted by Gasteiger charge is -2.35. The van der Waals surface area contributed by atoms with Gasteiger partial charge in [0.2, 0.25) is 11.8 Å². The van der Waals surface area contributed by atoms with Crippen molar-refractivity contribution < 1.29 is 9.59 Å². The minimum Gasteiger partial charge on any atom is -0.339 e. The number of carbonyl (C=O) groups is 2. The van der Waals surface area contributed by atoms with Gasteiger partial charge in [0.1, 0.15) is 0 Å². The molecule has 2 aromatic carbocycles. The molecule has 0 aromatic heterocycles. The molecule has 28 heavy (non-hydrogen) atoms. The average molecular weight is 398 g/mol. The molecule has 2 aromatic rings. The summed E-state index contributed by atoms with van der Waals surface area (Å²) < 4.78 is 0. The van der Waals surface area contributed by atoms with Crippen molar-refractivity contribution in [3.63, 3.8) is 0 Å². The number of amides is 2. The molecule has 0 unspecified atom stereocenters. The van der Waals surface area contributed by atoms with Crippen LogP contribution in [0.5, 0.6) is 0 Å². The van der Waals surface area contributed by atoms with E-state index in [1.807, 2.05) is 29.2 Å². The van der Waals surface area contributed by atoms with Crippen LogP contribution < -0.4 is 5.32 Å². The van der Waals surface area contributed by atoms with Crippen molar-refractivity contribution in [1.82, 2.24) is 9.80 Å². The van der Waals surface area contributed by atoms with Gasteiger partial charge < -0.3 is 10.2 Å². The van der Waals surface area contributed by atoms with Gasteiger partial charge in [0.15, 0.2) is 0 Å². The molecule has 148 valence electrons. The fourth-order valence-corrected chi connectivity index (χ4v) is 4.06. The molecule has 6 heteroatoms. The normalized spacial score (nSPS) is 14.7. The Morgan fingerprint density at radius 3 is 2.32 bits per heavy atom. The number of hydrogen-bond donors (Lipinski definition) is 1. The predicted octanol–water partition coefficient (Wildman–Crippen LogP) is 3.39. The van der Waals surface area contributed by atoms with Crippen molar-refractivity contribution in [2.45, 2.75) is 25.3 Å². The number of anilines is 1. The second kappa shape index (κ2) is 9.75. The zero-order valence-electron chi connectivity index (χ0n) is 16.5. The van der Waals surface area contributed by atoms with Crippen LogP contribution in [0.2, 0.25) is 0 Å². The molecule has 1 fully saturated rings. The number of benzene rings is 2. The first-order chi connectivity index (χ1) is 13.5. The number of nitrogens with zero attached hydrogens (tertiary/aromatic N) is 2. The first-order valence-corrected chi connectivity index (χ1v) is 10.5. The number of thioether (sulfide) groups is 1. The van der Waals surface area contributed by atoms with Gasteiger partial charge in [0.05, 0.1) is 5.75 Å². The van der Waals surface area contributed by atoms with Gasteiger partial charge in [-0.2, -0.15) is 0 Å².